The van der Waals surface area contributed by atoms with Crippen LogP contribution in [0.15, 0.2) is 71.5 Å². The molecule has 2 amide bonds. The maximum atomic E-state index is 13.6. The van der Waals surface area contributed by atoms with E-state index in [2.05, 4.69) is 15.6 Å². The summed E-state index contributed by atoms with van der Waals surface area (Å²) >= 11 is 6.20. The number of nitrogens with zero attached hydrogens (tertiary/aromatic N) is 3. The van der Waals surface area contributed by atoms with Gasteiger partial charge in [0.05, 0.1) is 29.8 Å². The maximum Gasteiger partial charge on any atom is 0.432 e. The Labute approximate surface area is 268 Å². The Morgan fingerprint density at radius 1 is 1.22 bits per heavy atom. The molecular weight excluding hydrogens is 627 g/mol. The van der Waals surface area contributed by atoms with Crippen LogP contribution in [0.5, 0.6) is 0 Å². The molecule has 1 aromatic heterocycles. The third-order valence-electron chi connectivity index (χ3n) is 7.64. The van der Waals surface area contributed by atoms with E-state index in [1.54, 1.807) is 0 Å². The number of alkyl halides is 3. The molecule has 46 heavy (non-hydrogen) atoms. The summed E-state index contributed by atoms with van der Waals surface area (Å²) in [6.07, 6.45) is -1.46. The number of nitrogens with two attached hydrogens (primary N) is 2. The molecule has 0 fully saturated rings. The molecule has 3 unspecified atom stereocenters. The Kier molecular flexibility index (Phi) is 11.0. The zero-order valence-electron chi connectivity index (χ0n) is 25.2. The molecule has 0 saturated heterocycles. The largest absolute Gasteiger partial charge is 0.447 e. The number of amides is 2. The molecule has 1 aliphatic rings. The van der Waals surface area contributed by atoms with Crippen molar-refractivity contribution in [1.29, 1.82) is 0 Å². The van der Waals surface area contributed by atoms with Gasteiger partial charge in [0.2, 0.25) is 5.91 Å². The van der Waals surface area contributed by atoms with Gasteiger partial charge in [0.15, 0.2) is 0 Å². The van der Waals surface area contributed by atoms with Crippen LogP contribution < -0.4 is 32.8 Å². The summed E-state index contributed by atoms with van der Waals surface area (Å²) in [5.74, 6) is 5.42. The van der Waals surface area contributed by atoms with Crippen LogP contribution in [0.2, 0.25) is 5.02 Å². The van der Waals surface area contributed by atoms with Gasteiger partial charge in [-0.15, -0.1) is 0 Å². The first-order valence-electron chi connectivity index (χ1n) is 14.5. The Hall–Kier alpha value is -4.56. The van der Waals surface area contributed by atoms with Crippen molar-refractivity contribution >= 4 is 29.3 Å². The van der Waals surface area contributed by atoms with Gasteiger partial charge in [0.1, 0.15) is 12.3 Å². The molecule has 15 heteroatoms. The normalized spacial score (nSPS) is 19.3. The highest BCUT2D eigenvalue weighted by Gasteiger charge is 2.32. The molecule has 2 bridgehead atoms. The van der Waals surface area contributed by atoms with E-state index in [9.17, 15) is 27.6 Å². The van der Waals surface area contributed by atoms with Crippen molar-refractivity contribution in [2.45, 2.75) is 50.9 Å². The van der Waals surface area contributed by atoms with Crippen LogP contribution in [0.3, 0.4) is 0 Å². The van der Waals surface area contributed by atoms with Gasteiger partial charge in [0.25, 0.3) is 5.56 Å². The number of aromatic nitrogens is 2. The number of allylic oxidation sites excluding steroid dienone is 1. The topological polar surface area (TPSA) is 158 Å². The number of hydrazine groups is 1. The molecule has 2 heterocycles. The Balaban J connectivity index is 1.70. The van der Waals surface area contributed by atoms with Gasteiger partial charge in [-0.1, -0.05) is 49.2 Å². The van der Waals surface area contributed by atoms with E-state index in [-0.39, 0.29) is 40.4 Å². The average molecular weight is 662 g/mol. The van der Waals surface area contributed by atoms with Gasteiger partial charge in [0, 0.05) is 35.8 Å². The third-order valence-corrected chi connectivity index (χ3v) is 7.87. The summed E-state index contributed by atoms with van der Waals surface area (Å²) < 4.78 is 45.9. The number of rotatable bonds is 6. The van der Waals surface area contributed by atoms with Crippen LogP contribution >= 0.6 is 11.6 Å². The second-order valence-corrected chi connectivity index (χ2v) is 11.5. The first kappa shape index (κ1) is 34.3. The zero-order valence-corrected chi connectivity index (χ0v) is 25.9. The van der Waals surface area contributed by atoms with Crippen LogP contribution in [-0.4, -0.2) is 47.4 Å². The first-order chi connectivity index (χ1) is 21.8. The fourth-order valence-electron chi connectivity index (χ4n) is 5.19. The van der Waals surface area contributed by atoms with Crippen LogP contribution in [0.1, 0.15) is 43.4 Å². The van der Waals surface area contributed by atoms with E-state index < -0.39 is 35.6 Å². The molecule has 3 aromatic rings. The third kappa shape index (κ3) is 8.57. The Bertz CT molecular complexity index is 1660. The van der Waals surface area contributed by atoms with E-state index >= 15 is 0 Å². The summed E-state index contributed by atoms with van der Waals surface area (Å²) in [5.41, 5.74) is 5.46. The predicted molar refractivity (Wildman–Crippen MR) is 168 cm³/mol. The average Bonchev–Trinajstić information content (AvgIpc) is 3.01. The molecule has 2 aromatic carbocycles. The summed E-state index contributed by atoms with van der Waals surface area (Å²) in [7, 11) is 1.45. The number of hydrogen-bond acceptors (Lipinski definition) is 8. The van der Waals surface area contributed by atoms with Gasteiger partial charge >= 0.3 is 12.3 Å². The second-order valence-electron chi connectivity index (χ2n) is 11.0. The standard InChI is InChI=1S/C31H35ClF3N7O4/c1-18-5-3-8-25(20-7-4-6-19(11-20)12-22(40-29(18)44)16-46-30(45)38-2)41-17-39-24(14-28(41)43)23-13-21(32)9-10-26(23)42(37)15-27(36)31(33,34)35/h4,6-7,9-11,13-15,17-18,22,25H,3,5,8,12,16,36-37H2,1-2H3,(H,38,45)(H,40,44)/b27-15-. The lowest BCUT2D eigenvalue weighted by molar-refractivity contribution is -0.125. The molecule has 0 aliphatic carbocycles. The van der Waals surface area contributed by atoms with E-state index in [0.717, 1.165) is 11.1 Å². The SMILES string of the molecule is CNC(=O)OCC1Cc2cccc(c2)C(n2cnc(-c3cc(Cl)ccc3N(N)/C=C(\N)C(F)(F)F)cc2=O)CCCC(C)C(=O)N1. The summed E-state index contributed by atoms with van der Waals surface area (Å²) in [6, 6.07) is 12.2. The number of carbonyl (C=O) groups excluding carboxylic acids is 2. The van der Waals surface area contributed by atoms with Crippen molar-refractivity contribution < 1.29 is 27.5 Å². The highest BCUT2D eigenvalue weighted by atomic mass is 35.5. The molecule has 1 aliphatic heterocycles. The lowest BCUT2D eigenvalue weighted by Gasteiger charge is -2.25. The lowest BCUT2D eigenvalue weighted by atomic mass is 9.93. The Morgan fingerprint density at radius 2 is 1.98 bits per heavy atom. The number of ether oxygens (including phenoxy) is 1. The molecule has 246 valence electrons. The van der Waals surface area contributed by atoms with Crippen LogP contribution in [0.25, 0.3) is 11.3 Å². The fraction of sp³-hybridized carbons (Fsp3) is 0.355. The van der Waals surface area contributed by atoms with Crippen molar-refractivity contribution in [2.75, 3.05) is 18.7 Å². The van der Waals surface area contributed by atoms with E-state index in [4.69, 9.17) is 27.9 Å². The van der Waals surface area contributed by atoms with Crippen molar-refractivity contribution in [2.24, 2.45) is 17.5 Å². The summed E-state index contributed by atoms with van der Waals surface area (Å²) in [4.78, 5) is 42.8. The molecule has 0 saturated carbocycles. The monoisotopic (exact) mass is 661 g/mol. The molecular formula is C31H35ClF3N7O4. The van der Waals surface area contributed by atoms with Crippen LogP contribution in [-0.2, 0) is 16.0 Å². The molecule has 3 atom stereocenters. The van der Waals surface area contributed by atoms with Crippen LogP contribution in [0, 0.1) is 5.92 Å². The van der Waals surface area contributed by atoms with Gasteiger partial charge in [-0.05, 0) is 48.6 Å². The zero-order chi connectivity index (χ0) is 33.6. The highest BCUT2D eigenvalue weighted by Crippen LogP contribution is 2.33. The second kappa shape index (κ2) is 14.7. The fourth-order valence-corrected chi connectivity index (χ4v) is 5.36. The number of alkyl carbamates (subject to hydrolysis) is 1. The smallest absolute Gasteiger partial charge is 0.432 e. The lowest BCUT2D eigenvalue weighted by Crippen LogP contribution is -2.43. The van der Waals surface area contributed by atoms with E-state index in [1.165, 1.54) is 42.2 Å². The molecule has 11 nitrogen and oxygen atoms in total. The number of carbonyl (C=O) groups is 2. The number of nitrogens with one attached hydrogen (secondary N) is 2. The highest BCUT2D eigenvalue weighted by molar-refractivity contribution is 6.31. The number of fused-ring (bicyclic) bond motifs is 2. The summed E-state index contributed by atoms with van der Waals surface area (Å²) in [5, 5.41) is 6.32. The number of benzene rings is 2. The predicted octanol–water partition coefficient (Wildman–Crippen LogP) is 4.40. The number of hydrogen-bond donors (Lipinski definition) is 4. The van der Waals surface area contributed by atoms with Crippen LogP contribution in [0.4, 0.5) is 23.7 Å². The van der Waals surface area contributed by atoms with Crippen molar-refractivity contribution in [1.82, 2.24) is 20.2 Å². The van der Waals surface area contributed by atoms with E-state index in [1.807, 2.05) is 31.2 Å². The molecule has 4 rings (SSSR count). The van der Waals surface area contributed by atoms with E-state index in [0.29, 0.717) is 36.9 Å². The van der Waals surface area contributed by atoms with Gasteiger partial charge in [-0.2, -0.15) is 13.2 Å². The van der Waals surface area contributed by atoms with Crippen molar-refractivity contribution in [3.05, 3.63) is 93.3 Å². The minimum atomic E-state index is -4.80. The van der Waals surface area contributed by atoms with Crippen molar-refractivity contribution in [3.63, 3.8) is 0 Å². The minimum Gasteiger partial charge on any atom is -0.447 e. The Morgan fingerprint density at radius 3 is 2.67 bits per heavy atom. The molecule has 0 radical (unpaired) electrons. The van der Waals surface area contributed by atoms with Gasteiger partial charge < -0.3 is 21.1 Å². The number of halogens is 4. The quantitative estimate of drug-likeness (QED) is 0.224. The van der Waals surface area contributed by atoms with Gasteiger partial charge in [-0.25, -0.2) is 15.6 Å². The van der Waals surface area contributed by atoms with Gasteiger partial charge in [-0.3, -0.25) is 19.2 Å². The number of anilines is 1. The minimum absolute atomic E-state index is 0.0268. The molecule has 0 spiro atoms. The molecule has 6 N–H and O–H groups in total. The summed E-state index contributed by atoms with van der Waals surface area (Å²) in [6.45, 7) is 1.79. The van der Waals surface area contributed by atoms with Crippen molar-refractivity contribution in [3.8, 4) is 11.3 Å². The first-order valence-corrected chi connectivity index (χ1v) is 14.8. The maximum absolute atomic E-state index is 13.6.